The molecule has 1 rings (SSSR count). The van der Waals surface area contributed by atoms with Crippen LogP contribution >= 0.6 is 0 Å². The first kappa shape index (κ1) is 16.5. The summed E-state index contributed by atoms with van der Waals surface area (Å²) in [4.78, 5) is 0. The van der Waals surface area contributed by atoms with Gasteiger partial charge in [-0.25, -0.2) is 4.39 Å². The highest BCUT2D eigenvalue weighted by Gasteiger charge is 2.59. The van der Waals surface area contributed by atoms with Gasteiger partial charge in [0.15, 0.2) is 0 Å². The molecule has 2 N–H and O–H groups in total. The van der Waals surface area contributed by atoms with Crippen LogP contribution in [-0.4, -0.2) is 18.5 Å². The second kappa shape index (κ2) is 5.47. The molecule has 0 fully saturated rings. The van der Waals surface area contributed by atoms with Gasteiger partial charge >= 0.3 is 12.4 Å². The van der Waals surface area contributed by atoms with Gasteiger partial charge in [0.05, 0.1) is 0 Å². The SMILES string of the molecule is CC(N)c1cc(F)ccc1OC(C(F)(F)F)C(F)(F)F. The molecule has 20 heavy (non-hydrogen) atoms. The third kappa shape index (κ3) is 3.99. The molecule has 114 valence electrons. The Bertz CT molecular complexity index is 453. The molecule has 0 aliphatic rings. The third-order valence-electron chi connectivity index (χ3n) is 2.30. The Morgan fingerprint density at radius 1 is 1.05 bits per heavy atom. The zero-order valence-corrected chi connectivity index (χ0v) is 10.0. The minimum Gasteiger partial charge on any atom is -0.471 e. The van der Waals surface area contributed by atoms with E-state index in [0.29, 0.717) is 12.1 Å². The van der Waals surface area contributed by atoms with E-state index in [0.717, 1.165) is 6.07 Å². The minimum atomic E-state index is -5.65. The van der Waals surface area contributed by atoms with Crippen LogP contribution in [-0.2, 0) is 0 Å². The van der Waals surface area contributed by atoms with Crippen LogP contribution < -0.4 is 10.5 Å². The molecule has 1 aromatic carbocycles. The van der Waals surface area contributed by atoms with Gasteiger partial charge in [-0.15, -0.1) is 0 Å². The number of nitrogens with two attached hydrogens (primary N) is 1. The van der Waals surface area contributed by atoms with Gasteiger partial charge in [0.25, 0.3) is 6.10 Å². The fraction of sp³-hybridized carbons (Fsp3) is 0.455. The summed E-state index contributed by atoms with van der Waals surface area (Å²) in [6, 6.07) is 1.09. The van der Waals surface area contributed by atoms with Gasteiger partial charge in [-0.2, -0.15) is 26.3 Å². The fourth-order valence-corrected chi connectivity index (χ4v) is 1.43. The van der Waals surface area contributed by atoms with Crippen LogP contribution in [0.25, 0.3) is 0 Å². The standard InChI is InChI=1S/C11H10F7NO/c1-5(19)7-4-6(12)2-3-8(7)20-9(10(13,14)15)11(16,17)18/h2-5,9H,19H2,1H3. The van der Waals surface area contributed by atoms with Gasteiger partial charge in [0.1, 0.15) is 11.6 Å². The normalized spacial score (nSPS) is 14.5. The Hall–Kier alpha value is -1.51. The van der Waals surface area contributed by atoms with Gasteiger partial charge in [-0.05, 0) is 25.1 Å². The molecule has 0 spiro atoms. The van der Waals surface area contributed by atoms with Crippen LogP contribution in [0.3, 0.4) is 0 Å². The van der Waals surface area contributed by atoms with Crippen LogP contribution in [0.15, 0.2) is 18.2 Å². The number of benzene rings is 1. The molecule has 0 amide bonds. The van der Waals surface area contributed by atoms with Crippen molar-refractivity contribution in [2.75, 3.05) is 0 Å². The van der Waals surface area contributed by atoms with E-state index < -0.39 is 36.1 Å². The van der Waals surface area contributed by atoms with Crippen molar-refractivity contribution in [3.63, 3.8) is 0 Å². The van der Waals surface area contributed by atoms with Crippen LogP contribution in [0.2, 0.25) is 0 Å². The van der Waals surface area contributed by atoms with Crippen molar-refractivity contribution >= 4 is 0 Å². The highest BCUT2D eigenvalue weighted by Crippen LogP contribution is 2.38. The fourth-order valence-electron chi connectivity index (χ4n) is 1.43. The predicted octanol–water partition coefficient (Wildman–Crippen LogP) is 3.72. The maximum absolute atomic E-state index is 13.0. The maximum atomic E-state index is 13.0. The van der Waals surface area contributed by atoms with Crippen molar-refractivity contribution in [2.45, 2.75) is 31.4 Å². The summed E-state index contributed by atoms with van der Waals surface area (Å²) < 4.78 is 91.1. The van der Waals surface area contributed by atoms with Gasteiger partial charge in [-0.3, -0.25) is 0 Å². The zero-order chi connectivity index (χ0) is 15.7. The van der Waals surface area contributed by atoms with Gasteiger partial charge in [0.2, 0.25) is 0 Å². The van der Waals surface area contributed by atoms with E-state index in [4.69, 9.17) is 5.73 Å². The zero-order valence-electron chi connectivity index (χ0n) is 10.0. The molecule has 1 unspecified atom stereocenters. The highest BCUT2D eigenvalue weighted by molar-refractivity contribution is 5.36. The van der Waals surface area contributed by atoms with Crippen molar-refractivity contribution in [1.29, 1.82) is 0 Å². The quantitative estimate of drug-likeness (QED) is 0.864. The lowest BCUT2D eigenvalue weighted by Crippen LogP contribution is -2.46. The van der Waals surface area contributed by atoms with Crippen molar-refractivity contribution < 1.29 is 35.5 Å². The van der Waals surface area contributed by atoms with Crippen LogP contribution in [0.4, 0.5) is 30.7 Å². The summed E-state index contributed by atoms with van der Waals surface area (Å²) in [5.41, 5.74) is 5.08. The third-order valence-corrected chi connectivity index (χ3v) is 2.30. The molecule has 0 aromatic heterocycles. The number of hydrogen-bond donors (Lipinski definition) is 1. The molecule has 0 aliphatic carbocycles. The first-order valence-corrected chi connectivity index (χ1v) is 5.28. The maximum Gasteiger partial charge on any atom is 0.434 e. The number of alkyl halides is 6. The van der Waals surface area contributed by atoms with Gasteiger partial charge < -0.3 is 10.5 Å². The van der Waals surface area contributed by atoms with Gasteiger partial charge in [0, 0.05) is 11.6 Å². The molecular weight excluding hydrogens is 295 g/mol. The van der Waals surface area contributed by atoms with E-state index in [2.05, 4.69) is 4.74 Å². The molecule has 9 heteroatoms. The average molecular weight is 305 g/mol. The van der Waals surface area contributed by atoms with Crippen molar-refractivity contribution in [1.82, 2.24) is 0 Å². The summed E-state index contributed by atoms with van der Waals surface area (Å²) in [6.07, 6.45) is -15.3. The molecule has 0 saturated carbocycles. The lowest BCUT2D eigenvalue weighted by atomic mass is 10.1. The highest BCUT2D eigenvalue weighted by atomic mass is 19.4. The monoisotopic (exact) mass is 305 g/mol. The van der Waals surface area contributed by atoms with Crippen molar-refractivity contribution in [3.05, 3.63) is 29.6 Å². The van der Waals surface area contributed by atoms with E-state index in [9.17, 15) is 30.7 Å². The molecule has 0 radical (unpaired) electrons. The Labute approximate surface area is 109 Å². The number of ether oxygens (including phenoxy) is 1. The number of rotatable bonds is 3. The molecular formula is C11H10F7NO. The number of halogens is 7. The molecule has 0 saturated heterocycles. The summed E-state index contributed by atoms with van der Waals surface area (Å²) in [5.74, 6) is -1.61. The van der Waals surface area contributed by atoms with Crippen molar-refractivity contribution in [2.24, 2.45) is 5.73 Å². The predicted molar refractivity (Wildman–Crippen MR) is 55.5 cm³/mol. The summed E-state index contributed by atoms with van der Waals surface area (Å²) in [7, 11) is 0. The summed E-state index contributed by atoms with van der Waals surface area (Å²) in [5, 5.41) is 0. The van der Waals surface area contributed by atoms with Crippen LogP contribution in [0, 0.1) is 5.82 Å². The Morgan fingerprint density at radius 3 is 1.95 bits per heavy atom. The van der Waals surface area contributed by atoms with E-state index in [-0.39, 0.29) is 5.56 Å². The Morgan fingerprint density at radius 2 is 1.55 bits per heavy atom. The lowest BCUT2D eigenvalue weighted by molar-refractivity contribution is -0.300. The summed E-state index contributed by atoms with van der Waals surface area (Å²) >= 11 is 0. The molecule has 2 nitrogen and oxygen atoms in total. The Kier molecular flexibility index (Phi) is 4.52. The van der Waals surface area contributed by atoms with E-state index >= 15 is 0 Å². The average Bonchev–Trinajstić information content (AvgIpc) is 2.23. The Balaban J connectivity index is 3.19. The topological polar surface area (TPSA) is 35.2 Å². The van der Waals surface area contributed by atoms with Crippen LogP contribution in [0.5, 0.6) is 5.75 Å². The lowest BCUT2D eigenvalue weighted by Gasteiger charge is -2.25. The second-order valence-corrected chi connectivity index (χ2v) is 4.05. The van der Waals surface area contributed by atoms with Gasteiger partial charge in [-0.1, -0.05) is 0 Å². The van der Waals surface area contributed by atoms with E-state index in [1.54, 1.807) is 0 Å². The summed E-state index contributed by atoms with van der Waals surface area (Å²) in [6.45, 7) is 1.28. The molecule has 0 heterocycles. The first-order chi connectivity index (χ1) is 8.93. The molecule has 1 atom stereocenters. The van der Waals surface area contributed by atoms with E-state index in [1.807, 2.05) is 0 Å². The molecule has 0 aliphatic heterocycles. The number of hydrogen-bond acceptors (Lipinski definition) is 2. The van der Waals surface area contributed by atoms with Crippen molar-refractivity contribution in [3.8, 4) is 5.75 Å². The first-order valence-electron chi connectivity index (χ1n) is 5.28. The largest absolute Gasteiger partial charge is 0.471 e. The van der Waals surface area contributed by atoms with Crippen LogP contribution in [0.1, 0.15) is 18.5 Å². The molecule has 1 aromatic rings. The molecule has 0 bridgehead atoms. The minimum absolute atomic E-state index is 0.288. The van der Waals surface area contributed by atoms with E-state index in [1.165, 1.54) is 6.92 Å². The smallest absolute Gasteiger partial charge is 0.434 e. The second-order valence-electron chi connectivity index (χ2n) is 4.05.